The molecule has 6 heteroatoms. The van der Waals surface area contributed by atoms with E-state index in [4.69, 9.17) is 9.84 Å². The zero-order chi connectivity index (χ0) is 14.1. The Hall–Kier alpha value is -1.17. The number of nitrogens with zero attached hydrogens (tertiary/aromatic N) is 1. The number of hydrogen-bond donors (Lipinski definition) is 2. The van der Waals surface area contributed by atoms with Crippen molar-refractivity contribution in [2.24, 2.45) is 0 Å². The molecule has 2 N–H and O–H groups in total. The molecule has 0 spiro atoms. The number of phenols is 1. The van der Waals surface area contributed by atoms with E-state index in [-0.39, 0.29) is 30.7 Å². The minimum atomic E-state index is -0.963. The van der Waals surface area contributed by atoms with Crippen LogP contribution in [0, 0.1) is 0 Å². The molecule has 1 radical (unpaired) electrons. The normalized spacial score (nSPS) is 10.5. The zero-order valence-electron chi connectivity index (χ0n) is 11.6. The van der Waals surface area contributed by atoms with Crippen LogP contribution in [-0.4, -0.2) is 36.4 Å². The van der Waals surface area contributed by atoms with Crippen LogP contribution in [0.3, 0.4) is 0 Å². The van der Waals surface area contributed by atoms with Gasteiger partial charge in [-0.3, -0.25) is 4.79 Å². The molecule has 1 unspecified atom stereocenters. The van der Waals surface area contributed by atoms with Gasteiger partial charge in [0, 0.05) is 18.6 Å². The number of rotatable bonds is 5. The van der Waals surface area contributed by atoms with Gasteiger partial charge in [-0.1, -0.05) is 19.9 Å². The molecule has 5 nitrogen and oxygen atoms in total. The van der Waals surface area contributed by atoms with Gasteiger partial charge in [-0.15, -0.1) is 0 Å². The smallest absolute Gasteiger partial charge is 0.285 e. The standard InChI is InChI=1S/C11H14NO4.C2H6.V/c1-12-8(11(14)15)5-7-3-4-9(13)10(6-7)16-2;1-2;/h3-4,6,8,13H,5H2,1-2H3,(H,14,15);1-2H3;/q-1;;. The fraction of sp³-hybridized carbons (Fsp3) is 0.462. The molecule has 0 aliphatic heterocycles. The first-order valence-corrected chi connectivity index (χ1v) is 5.76. The van der Waals surface area contributed by atoms with Crippen LogP contribution in [0.25, 0.3) is 5.32 Å². The Bertz CT molecular complexity index is 385. The fourth-order valence-corrected chi connectivity index (χ4v) is 1.36. The third-order valence-electron chi connectivity index (χ3n) is 2.27. The van der Waals surface area contributed by atoms with Gasteiger partial charge < -0.3 is 20.3 Å². The molecule has 1 aromatic rings. The molecule has 1 aromatic carbocycles. The van der Waals surface area contributed by atoms with Crippen molar-refractivity contribution in [2.45, 2.75) is 26.3 Å². The van der Waals surface area contributed by atoms with Crippen molar-refractivity contribution in [3.8, 4) is 11.5 Å². The Balaban J connectivity index is 0. The Labute approximate surface area is 125 Å². The maximum atomic E-state index is 10.8. The number of carboxylic acids is 1. The molecule has 0 bridgehead atoms. The molecule has 0 saturated carbocycles. The predicted octanol–water partition coefficient (Wildman–Crippen LogP) is 2.42. The van der Waals surface area contributed by atoms with Crippen LogP contribution < -0.4 is 4.74 Å². The van der Waals surface area contributed by atoms with Crippen LogP contribution >= 0.6 is 0 Å². The Morgan fingerprint density at radius 3 is 2.42 bits per heavy atom. The molecule has 0 amide bonds. The molecule has 0 fully saturated rings. The average molecular weight is 305 g/mol. The number of likely N-dealkylation sites (N-methyl/N-ethyl adjacent to an activating group) is 1. The monoisotopic (exact) mass is 305 g/mol. The topological polar surface area (TPSA) is 80.9 Å². The molecule has 0 aliphatic carbocycles. The quantitative estimate of drug-likeness (QED) is 0.875. The molecule has 0 aromatic heterocycles. The number of phenolic OH excluding ortho intramolecular Hbond substituents is 1. The molecule has 19 heavy (non-hydrogen) atoms. The van der Waals surface area contributed by atoms with Crippen molar-refractivity contribution in [1.29, 1.82) is 0 Å². The number of aromatic hydroxyl groups is 1. The van der Waals surface area contributed by atoms with E-state index in [0.717, 1.165) is 5.56 Å². The predicted molar refractivity (Wildman–Crippen MR) is 70.4 cm³/mol. The summed E-state index contributed by atoms with van der Waals surface area (Å²) in [6.07, 6.45) is 0.280. The first-order chi connectivity index (χ1) is 8.58. The Morgan fingerprint density at radius 1 is 1.42 bits per heavy atom. The third kappa shape index (κ3) is 6.52. The molecular weight excluding hydrogens is 285 g/mol. The minimum absolute atomic E-state index is 0. The van der Waals surface area contributed by atoms with Crippen molar-refractivity contribution in [2.75, 3.05) is 14.2 Å². The molecule has 0 heterocycles. The van der Waals surface area contributed by atoms with Crippen molar-refractivity contribution in [3.63, 3.8) is 0 Å². The summed E-state index contributed by atoms with van der Waals surface area (Å²) in [4.78, 5) is 10.8. The maximum absolute atomic E-state index is 10.8. The van der Waals surface area contributed by atoms with E-state index >= 15 is 0 Å². The second-order valence-corrected chi connectivity index (χ2v) is 3.32. The van der Waals surface area contributed by atoms with Crippen LogP contribution in [0.4, 0.5) is 0 Å². The van der Waals surface area contributed by atoms with Crippen LogP contribution in [0.5, 0.6) is 11.5 Å². The van der Waals surface area contributed by atoms with Crippen molar-refractivity contribution in [1.82, 2.24) is 0 Å². The van der Waals surface area contributed by atoms with Crippen LogP contribution in [-0.2, 0) is 29.8 Å². The molecule has 1 atom stereocenters. The van der Waals surface area contributed by atoms with Gasteiger partial charge in [0.2, 0.25) is 0 Å². The van der Waals surface area contributed by atoms with Gasteiger partial charge in [-0.25, -0.2) is 0 Å². The number of carbonyl (C=O) groups is 1. The van der Waals surface area contributed by atoms with Crippen LogP contribution in [0.2, 0.25) is 0 Å². The molecule has 107 valence electrons. The van der Waals surface area contributed by atoms with E-state index in [0.29, 0.717) is 5.75 Å². The zero-order valence-corrected chi connectivity index (χ0v) is 13.0. The number of carboxylic acid groups (broad SMARTS) is 1. The van der Waals surface area contributed by atoms with Gasteiger partial charge >= 0.3 is 0 Å². The summed E-state index contributed by atoms with van der Waals surface area (Å²) in [5.74, 6) is -0.598. The van der Waals surface area contributed by atoms with Gasteiger partial charge in [-0.2, -0.15) is 7.05 Å². The van der Waals surface area contributed by atoms with Crippen LogP contribution in [0.15, 0.2) is 18.2 Å². The number of benzene rings is 1. The largest absolute Gasteiger partial charge is 0.653 e. The number of hydrogen-bond acceptors (Lipinski definition) is 3. The summed E-state index contributed by atoms with van der Waals surface area (Å²) >= 11 is 0. The number of aliphatic carboxylic acids is 1. The minimum Gasteiger partial charge on any atom is -0.653 e. The number of methoxy groups -OCH3 is 1. The van der Waals surface area contributed by atoms with E-state index in [1.165, 1.54) is 20.2 Å². The first kappa shape index (κ1) is 20.2. The SMILES string of the molecule is CC.C[N-]C(Cc1ccc(O)c(OC)c1)C(=O)O.[V]. The summed E-state index contributed by atoms with van der Waals surface area (Å²) in [5, 5.41) is 22.0. The second kappa shape index (κ2) is 10.7. The van der Waals surface area contributed by atoms with Gasteiger partial charge in [0.1, 0.15) is 0 Å². The first-order valence-electron chi connectivity index (χ1n) is 5.76. The van der Waals surface area contributed by atoms with E-state index in [2.05, 4.69) is 5.32 Å². The van der Waals surface area contributed by atoms with E-state index in [1.807, 2.05) is 13.8 Å². The van der Waals surface area contributed by atoms with Gasteiger partial charge in [0.25, 0.3) is 5.97 Å². The van der Waals surface area contributed by atoms with E-state index in [1.54, 1.807) is 12.1 Å². The Morgan fingerprint density at radius 2 is 2.00 bits per heavy atom. The van der Waals surface area contributed by atoms with E-state index in [9.17, 15) is 9.90 Å². The van der Waals surface area contributed by atoms with Gasteiger partial charge in [-0.05, 0) is 30.2 Å². The van der Waals surface area contributed by atoms with Crippen molar-refractivity contribution >= 4 is 5.97 Å². The van der Waals surface area contributed by atoms with Gasteiger partial charge in [0.15, 0.2) is 11.5 Å². The molecule has 1 rings (SSSR count). The van der Waals surface area contributed by atoms with Crippen LogP contribution in [0.1, 0.15) is 19.4 Å². The van der Waals surface area contributed by atoms with E-state index < -0.39 is 12.0 Å². The summed E-state index contributed by atoms with van der Waals surface area (Å²) in [6.45, 7) is 4.00. The summed E-state index contributed by atoms with van der Waals surface area (Å²) in [7, 11) is 2.91. The molecular formula is C13H20NO4V-. The van der Waals surface area contributed by atoms with Gasteiger partial charge in [0.05, 0.1) is 7.11 Å². The molecule has 0 aliphatic rings. The summed E-state index contributed by atoms with van der Waals surface area (Å²) < 4.78 is 4.93. The number of ether oxygens (including phenoxy) is 1. The average Bonchev–Trinajstić information content (AvgIpc) is 2.39. The third-order valence-corrected chi connectivity index (χ3v) is 2.27. The van der Waals surface area contributed by atoms with Crippen molar-refractivity contribution < 1.29 is 38.3 Å². The maximum Gasteiger partial charge on any atom is 0.285 e. The summed E-state index contributed by atoms with van der Waals surface area (Å²) in [6, 6.07) is 3.97. The summed E-state index contributed by atoms with van der Waals surface area (Å²) in [5.41, 5.74) is 0.757. The molecule has 0 saturated heterocycles. The van der Waals surface area contributed by atoms with Crippen molar-refractivity contribution in [3.05, 3.63) is 29.1 Å². The second-order valence-electron chi connectivity index (χ2n) is 3.32. The Kier molecular flexibility index (Phi) is 11.4. The fourth-order valence-electron chi connectivity index (χ4n) is 1.36.